The maximum Gasteiger partial charge on any atom is 0.0252 e. The van der Waals surface area contributed by atoms with E-state index in [2.05, 4.69) is 36.5 Å². The van der Waals surface area contributed by atoms with Crippen LogP contribution in [0.15, 0.2) is 24.3 Å². The molecule has 0 aliphatic heterocycles. The smallest absolute Gasteiger partial charge is 0.0252 e. The molecule has 2 fully saturated rings. The Morgan fingerprint density at radius 3 is 1.71 bits per heavy atom. The number of nitrogens with two attached hydrogens (primary N) is 1. The molecule has 4 rings (SSSR count). The molecule has 2 saturated carbocycles. The van der Waals surface area contributed by atoms with Crippen molar-refractivity contribution in [3.8, 4) is 0 Å². The van der Waals surface area contributed by atoms with Crippen molar-refractivity contribution < 1.29 is 0 Å². The summed E-state index contributed by atoms with van der Waals surface area (Å²) in [6.07, 6.45) is 32.4. The van der Waals surface area contributed by atoms with E-state index in [1.54, 1.807) is 0 Å². The Hall–Kier alpha value is -0.600. The fourth-order valence-electron chi connectivity index (χ4n) is 6.76. The predicted octanol–water partition coefficient (Wildman–Crippen LogP) is 7.15. The van der Waals surface area contributed by atoms with E-state index in [9.17, 15) is 0 Å². The second-order valence-electron chi connectivity index (χ2n) is 11.9. The predicted molar refractivity (Wildman–Crippen MR) is 134 cm³/mol. The third-order valence-corrected chi connectivity index (χ3v) is 9.24. The average molecular weight is 427 g/mol. The van der Waals surface area contributed by atoms with E-state index in [4.69, 9.17) is 5.73 Å². The Labute approximate surface area is 192 Å². The molecule has 0 aromatic rings. The molecular formula is C29H50N2. The van der Waals surface area contributed by atoms with Gasteiger partial charge in [0.1, 0.15) is 0 Å². The first-order valence-corrected chi connectivity index (χ1v) is 14.0. The number of rotatable bonds is 8. The van der Waals surface area contributed by atoms with E-state index in [1.807, 2.05) is 0 Å². The summed E-state index contributed by atoms with van der Waals surface area (Å²) in [7, 11) is 0. The van der Waals surface area contributed by atoms with Gasteiger partial charge in [-0.1, -0.05) is 31.2 Å². The van der Waals surface area contributed by atoms with Crippen LogP contribution in [-0.4, -0.2) is 18.1 Å². The topological polar surface area (TPSA) is 38.0 Å². The largest absolute Gasteiger partial charge is 0.328 e. The highest BCUT2D eigenvalue weighted by Crippen LogP contribution is 2.34. The van der Waals surface area contributed by atoms with E-state index < -0.39 is 0 Å². The highest BCUT2D eigenvalue weighted by molar-refractivity contribution is 5.04. The number of hydrogen-bond acceptors (Lipinski definition) is 2. The molecule has 0 spiro atoms. The SMILES string of the molecule is CC1CCC(NC2C=CC(CCC3C=CC(CCC4CCC(N)CC4)CC3)CC2)CC1. The molecule has 2 heteroatoms. The molecule has 4 aliphatic carbocycles. The highest BCUT2D eigenvalue weighted by atomic mass is 14.9. The fourth-order valence-corrected chi connectivity index (χ4v) is 6.76. The Morgan fingerprint density at radius 1 is 0.613 bits per heavy atom. The van der Waals surface area contributed by atoms with Crippen molar-refractivity contribution in [1.82, 2.24) is 5.32 Å². The van der Waals surface area contributed by atoms with Crippen LogP contribution in [0.2, 0.25) is 0 Å². The summed E-state index contributed by atoms with van der Waals surface area (Å²) in [5, 5.41) is 3.94. The standard InChI is InChI=1S/C29H50N2/c1-22-2-18-28(19-3-22)31-29-20-14-26(15-21-29)11-9-24-6-4-23(5-7-24)8-10-25-12-16-27(30)17-13-25/h4,6,14,20,22-29,31H,2-3,5,7-13,15-19,21,30H2,1H3. The Morgan fingerprint density at radius 2 is 1.16 bits per heavy atom. The minimum atomic E-state index is 0.494. The summed E-state index contributed by atoms with van der Waals surface area (Å²) >= 11 is 0. The van der Waals surface area contributed by atoms with Gasteiger partial charge in [0.2, 0.25) is 0 Å². The van der Waals surface area contributed by atoms with Crippen molar-refractivity contribution in [2.24, 2.45) is 35.3 Å². The van der Waals surface area contributed by atoms with Crippen LogP contribution < -0.4 is 11.1 Å². The van der Waals surface area contributed by atoms with Crippen LogP contribution in [0.3, 0.4) is 0 Å². The Balaban J connectivity index is 1.09. The molecule has 0 saturated heterocycles. The quantitative estimate of drug-likeness (QED) is 0.404. The molecule has 4 aliphatic rings. The van der Waals surface area contributed by atoms with Crippen molar-refractivity contribution in [3.63, 3.8) is 0 Å². The maximum atomic E-state index is 6.06. The molecule has 0 heterocycles. The van der Waals surface area contributed by atoms with Crippen molar-refractivity contribution in [2.45, 2.75) is 128 Å². The highest BCUT2D eigenvalue weighted by Gasteiger charge is 2.24. The van der Waals surface area contributed by atoms with Crippen LogP contribution in [0.5, 0.6) is 0 Å². The van der Waals surface area contributed by atoms with Gasteiger partial charge < -0.3 is 11.1 Å². The van der Waals surface area contributed by atoms with Gasteiger partial charge in [-0.3, -0.25) is 0 Å². The minimum absolute atomic E-state index is 0.494. The molecule has 4 atom stereocenters. The first-order chi connectivity index (χ1) is 15.1. The molecule has 0 bridgehead atoms. The van der Waals surface area contributed by atoms with Crippen LogP contribution in [-0.2, 0) is 0 Å². The molecule has 0 aromatic heterocycles. The van der Waals surface area contributed by atoms with Crippen LogP contribution in [0.1, 0.15) is 110 Å². The van der Waals surface area contributed by atoms with E-state index in [0.717, 1.165) is 35.6 Å². The van der Waals surface area contributed by atoms with Gasteiger partial charge in [-0.2, -0.15) is 0 Å². The van der Waals surface area contributed by atoms with Gasteiger partial charge in [-0.05, 0) is 132 Å². The van der Waals surface area contributed by atoms with Crippen LogP contribution in [0.25, 0.3) is 0 Å². The first-order valence-electron chi connectivity index (χ1n) is 14.0. The Kier molecular flexibility index (Phi) is 9.14. The lowest BCUT2D eigenvalue weighted by molar-refractivity contribution is 0.282. The lowest BCUT2D eigenvalue weighted by Crippen LogP contribution is -2.40. The second kappa shape index (κ2) is 12.0. The summed E-state index contributed by atoms with van der Waals surface area (Å²) in [6, 6.07) is 1.91. The lowest BCUT2D eigenvalue weighted by Gasteiger charge is -2.32. The molecule has 0 radical (unpaired) electrons. The van der Waals surface area contributed by atoms with Crippen molar-refractivity contribution in [3.05, 3.63) is 24.3 Å². The van der Waals surface area contributed by atoms with Crippen LogP contribution >= 0.6 is 0 Å². The molecular weight excluding hydrogens is 376 g/mol. The zero-order valence-electron chi connectivity index (χ0n) is 20.3. The molecule has 3 N–H and O–H groups in total. The molecule has 4 unspecified atom stereocenters. The van der Waals surface area contributed by atoms with E-state index in [0.29, 0.717) is 12.1 Å². The third-order valence-electron chi connectivity index (χ3n) is 9.24. The molecule has 0 aromatic carbocycles. The lowest BCUT2D eigenvalue weighted by atomic mass is 9.78. The van der Waals surface area contributed by atoms with E-state index in [1.165, 1.54) is 103 Å². The van der Waals surface area contributed by atoms with Crippen LogP contribution in [0.4, 0.5) is 0 Å². The Bertz CT molecular complexity index is 565. The maximum absolute atomic E-state index is 6.06. The van der Waals surface area contributed by atoms with Gasteiger partial charge in [0.05, 0.1) is 0 Å². The number of allylic oxidation sites excluding steroid dienone is 3. The average Bonchev–Trinajstić information content (AvgIpc) is 2.80. The molecule has 31 heavy (non-hydrogen) atoms. The second-order valence-corrected chi connectivity index (χ2v) is 11.9. The van der Waals surface area contributed by atoms with Gasteiger partial charge in [0.25, 0.3) is 0 Å². The zero-order chi connectivity index (χ0) is 21.5. The van der Waals surface area contributed by atoms with Gasteiger partial charge in [-0.25, -0.2) is 0 Å². The van der Waals surface area contributed by atoms with Crippen molar-refractivity contribution >= 4 is 0 Å². The zero-order valence-corrected chi connectivity index (χ0v) is 20.3. The third kappa shape index (κ3) is 7.74. The van der Waals surface area contributed by atoms with Gasteiger partial charge >= 0.3 is 0 Å². The normalized spacial score (nSPS) is 41.4. The molecule has 2 nitrogen and oxygen atoms in total. The van der Waals surface area contributed by atoms with Crippen LogP contribution in [0, 0.1) is 29.6 Å². The van der Waals surface area contributed by atoms with E-state index in [-0.39, 0.29) is 0 Å². The molecule has 176 valence electrons. The van der Waals surface area contributed by atoms with Crippen molar-refractivity contribution in [2.75, 3.05) is 0 Å². The summed E-state index contributed by atoms with van der Waals surface area (Å²) in [6.45, 7) is 2.41. The van der Waals surface area contributed by atoms with Crippen molar-refractivity contribution in [1.29, 1.82) is 0 Å². The fraction of sp³-hybridized carbons (Fsp3) is 0.862. The first kappa shape index (κ1) is 23.6. The minimum Gasteiger partial charge on any atom is -0.328 e. The summed E-state index contributed by atoms with van der Waals surface area (Å²) in [4.78, 5) is 0. The summed E-state index contributed by atoms with van der Waals surface area (Å²) < 4.78 is 0. The van der Waals surface area contributed by atoms with Gasteiger partial charge in [0.15, 0.2) is 0 Å². The van der Waals surface area contributed by atoms with Gasteiger partial charge in [-0.15, -0.1) is 0 Å². The molecule has 0 amide bonds. The van der Waals surface area contributed by atoms with E-state index >= 15 is 0 Å². The summed E-state index contributed by atoms with van der Waals surface area (Å²) in [5.41, 5.74) is 6.06. The number of hydrogen-bond donors (Lipinski definition) is 2. The number of nitrogens with one attached hydrogen (secondary N) is 1. The monoisotopic (exact) mass is 426 g/mol. The van der Waals surface area contributed by atoms with Gasteiger partial charge in [0, 0.05) is 18.1 Å². The summed E-state index contributed by atoms with van der Waals surface area (Å²) in [5.74, 6) is 4.44.